The molecule has 0 N–H and O–H groups in total. The van der Waals surface area contributed by atoms with Crippen LogP contribution in [0.4, 0.5) is 0 Å². The third kappa shape index (κ3) is 3.47. The first-order valence-corrected chi connectivity index (χ1v) is 9.72. The summed E-state index contributed by atoms with van der Waals surface area (Å²) in [6.07, 6.45) is 0.965. The molecule has 0 spiro atoms. The Hall–Kier alpha value is -2.14. The second-order valence-corrected chi connectivity index (χ2v) is 7.49. The van der Waals surface area contributed by atoms with Crippen LogP contribution in [0.1, 0.15) is 27.6 Å². The number of thioether (sulfide) groups is 1. The van der Waals surface area contributed by atoms with Crippen LogP contribution in [0.15, 0.2) is 48.5 Å². The molecule has 4 rings (SSSR count). The van der Waals surface area contributed by atoms with E-state index in [-0.39, 0.29) is 5.91 Å². The number of benzene rings is 2. The fourth-order valence-electron chi connectivity index (χ4n) is 3.32. The zero-order valence-electron chi connectivity index (χ0n) is 14.0. The predicted octanol–water partition coefficient (Wildman–Crippen LogP) is 3.78. The van der Waals surface area contributed by atoms with Gasteiger partial charge in [-0.2, -0.15) is 11.8 Å². The monoisotopic (exact) mass is 355 g/mol. The van der Waals surface area contributed by atoms with E-state index in [1.54, 1.807) is 0 Å². The molecule has 2 aromatic rings. The number of para-hydroxylation sites is 1. The van der Waals surface area contributed by atoms with E-state index in [2.05, 4.69) is 24.3 Å². The lowest BCUT2D eigenvalue weighted by Gasteiger charge is -2.24. The quantitative estimate of drug-likeness (QED) is 0.822. The molecule has 4 nitrogen and oxygen atoms in total. The summed E-state index contributed by atoms with van der Waals surface area (Å²) >= 11 is 1.93. The Kier molecular flexibility index (Phi) is 4.83. The second-order valence-electron chi connectivity index (χ2n) is 6.18. The molecule has 0 bridgehead atoms. The molecule has 1 atom stereocenters. The van der Waals surface area contributed by atoms with Crippen molar-refractivity contribution in [1.82, 2.24) is 4.90 Å². The maximum Gasteiger partial charge on any atom is 0.257 e. The van der Waals surface area contributed by atoms with Crippen LogP contribution in [-0.4, -0.2) is 42.9 Å². The van der Waals surface area contributed by atoms with Crippen LogP contribution in [0.5, 0.6) is 11.5 Å². The van der Waals surface area contributed by atoms with Gasteiger partial charge in [-0.05, 0) is 24.1 Å². The van der Waals surface area contributed by atoms with Crippen molar-refractivity contribution < 1.29 is 14.3 Å². The van der Waals surface area contributed by atoms with Gasteiger partial charge in [0, 0.05) is 24.1 Å². The molecule has 130 valence electrons. The molecular weight excluding hydrogens is 334 g/mol. The number of hydrogen-bond acceptors (Lipinski definition) is 4. The lowest BCUT2D eigenvalue weighted by molar-refractivity contribution is 0.0756. The van der Waals surface area contributed by atoms with E-state index in [4.69, 9.17) is 9.47 Å². The third-order valence-electron chi connectivity index (χ3n) is 4.60. The van der Waals surface area contributed by atoms with Crippen molar-refractivity contribution in [2.45, 2.75) is 11.7 Å². The lowest BCUT2D eigenvalue weighted by Crippen LogP contribution is -2.33. The summed E-state index contributed by atoms with van der Waals surface area (Å²) in [5, 5.41) is 0.447. The first kappa shape index (κ1) is 16.3. The van der Waals surface area contributed by atoms with Crippen molar-refractivity contribution in [3.05, 3.63) is 59.7 Å². The fraction of sp³-hybridized carbons (Fsp3) is 0.350. The van der Waals surface area contributed by atoms with Crippen LogP contribution in [0, 0.1) is 0 Å². The summed E-state index contributed by atoms with van der Waals surface area (Å²) in [4.78, 5) is 15.0. The first-order chi connectivity index (χ1) is 12.3. The summed E-state index contributed by atoms with van der Waals surface area (Å²) in [5.74, 6) is 2.24. The van der Waals surface area contributed by atoms with Crippen molar-refractivity contribution in [3.8, 4) is 11.5 Å². The van der Waals surface area contributed by atoms with Crippen molar-refractivity contribution in [2.75, 3.05) is 32.1 Å². The Balaban J connectivity index is 1.50. The molecule has 25 heavy (non-hydrogen) atoms. The summed E-state index contributed by atoms with van der Waals surface area (Å²) in [7, 11) is 0. The predicted molar refractivity (Wildman–Crippen MR) is 99.6 cm³/mol. The molecule has 5 heteroatoms. The number of rotatable bonds is 2. The SMILES string of the molecule is O=C(c1cccc2c1OCCO2)N1CCSC(c2ccccc2)CC1. The van der Waals surface area contributed by atoms with Crippen LogP contribution in [-0.2, 0) is 0 Å². The molecule has 1 amide bonds. The van der Waals surface area contributed by atoms with Gasteiger partial charge in [0.15, 0.2) is 11.5 Å². The van der Waals surface area contributed by atoms with E-state index in [1.807, 2.05) is 40.9 Å². The third-order valence-corrected chi connectivity index (χ3v) is 5.93. The van der Waals surface area contributed by atoms with E-state index in [9.17, 15) is 4.79 Å². The molecule has 1 fully saturated rings. The van der Waals surface area contributed by atoms with Crippen LogP contribution in [0.3, 0.4) is 0 Å². The topological polar surface area (TPSA) is 38.8 Å². The highest BCUT2D eigenvalue weighted by molar-refractivity contribution is 7.99. The van der Waals surface area contributed by atoms with Gasteiger partial charge in [-0.1, -0.05) is 36.4 Å². The normalized spacial score (nSPS) is 20.0. The Labute approximate surface area is 152 Å². The van der Waals surface area contributed by atoms with Crippen LogP contribution >= 0.6 is 11.8 Å². The highest BCUT2D eigenvalue weighted by atomic mass is 32.2. The number of carbonyl (C=O) groups excluding carboxylic acids is 1. The minimum atomic E-state index is 0.0386. The number of hydrogen-bond donors (Lipinski definition) is 0. The van der Waals surface area contributed by atoms with E-state index in [0.717, 1.165) is 25.3 Å². The standard InChI is InChI=1S/C20H21NO3S/c22-20(16-7-4-8-17-19(16)24-13-12-23-17)21-10-9-18(25-14-11-21)15-5-2-1-3-6-15/h1-8,18H,9-14H2. The summed E-state index contributed by atoms with van der Waals surface area (Å²) in [5.41, 5.74) is 1.95. The molecule has 0 aromatic heterocycles. The summed E-state index contributed by atoms with van der Waals surface area (Å²) < 4.78 is 11.3. The number of amides is 1. The maximum absolute atomic E-state index is 13.0. The van der Waals surface area contributed by atoms with Gasteiger partial charge in [0.05, 0.1) is 5.56 Å². The van der Waals surface area contributed by atoms with Gasteiger partial charge in [0.1, 0.15) is 13.2 Å². The van der Waals surface area contributed by atoms with Crippen molar-refractivity contribution in [2.24, 2.45) is 0 Å². The Morgan fingerprint density at radius 1 is 1.00 bits per heavy atom. The zero-order chi connectivity index (χ0) is 17.1. The van der Waals surface area contributed by atoms with E-state index in [0.29, 0.717) is 35.5 Å². The van der Waals surface area contributed by atoms with Crippen LogP contribution < -0.4 is 9.47 Å². The lowest BCUT2D eigenvalue weighted by atomic mass is 10.1. The van der Waals surface area contributed by atoms with Gasteiger partial charge in [-0.15, -0.1) is 0 Å². The minimum Gasteiger partial charge on any atom is -0.486 e. The van der Waals surface area contributed by atoms with E-state index in [1.165, 1.54) is 5.56 Å². The van der Waals surface area contributed by atoms with Gasteiger partial charge >= 0.3 is 0 Å². The molecule has 2 aliphatic heterocycles. The largest absolute Gasteiger partial charge is 0.486 e. The molecule has 0 radical (unpaired) electrons. The molecule has 0 aliphatic carbocycles. The van der Waals surface area contributed by atoms with Gasteiger partial charge in [0.25, 0.3) is 5.91 Å². The second kappa shape index (κ2) is 7.40. The van der Waals surface area contributed by atoms with Crippen molar-refractivity contribution >= 4 is 17.7 Å². The van der Waals surface area contributed by atoms with Crippen LogP contribution in [0.2, 0.25) is 0 Å². The highest BCUT2D eigenvalue weighted by Gasteiger charge is 2.27. The Bertz CT molecular complexity index is 750. The number of nitrogens with zero attached hydrogens (tertiary/aromatic N) is 1. The molecule has 2 aliphatic rings. The molecule has 1 unspecified atom stereocenters. The van der Waals surface area contributed by atoms with Gasteiger partial charge in [0.2, 0.25) is 0 Å². The van der Waals surface area contributed by atoms with Gasteiger partial charge in [-0.3, -0.25) is 4.79 Å². The van der Waals surface area contributed by atoms with Crippen molar-refractivity contribution in [1.29, 1.82) is 0 Å². The average molecular weight is 355 g/mol. The summed E-state index contributed by atoms with van der Waals surface area (Å²) in [6, 6.07) is 16.1. The average Bonchev–Trinajstić information content (AvgIpc) is 2.94. The zero-order valence-corrected chi connectivity index (χ0v) is 14.8. The maximum atomic E-state index is 13.0. The molecular formula is C20H21NO3S. The van der Waals surface area contributed by atoms with E-state index < -0.39 is 0 Å². The summed E-state index contributed by atoms with van der Waals surface area (Å²) in [6.45, 7) is 2.54. The fourth-order valence-corrected chi connectivity index (χ4v) is 4.55. The molecule has 0 saturated carbocycles. The first-order valence-electron chi connectivity index (χ1n) is 8.67. The number of carbonyl (C=O) groups is 1. The Morgan fingerprint density at radius 2 is 1.84 bits per heavy atom. The van der Waals surface area contributed by atoms with E-state index >= 15 is 0 Å². The Morgan fingerprint density at radius 3 is 2.72 bits per heavy atom. The van der Waals surface area contributed by atoms with Gasteiger partial charge < -0.3 is 14.4 Å². The van der Waals surface area contributed by atoms with Crippen molar-refractivity contribution in [3.63, 3.8) is 0 Å². The number of ether oxygens (including phenoxy) is 2. The highest BCUT2D eigenvalue weighted by Crippen LogP contribution is 2.37. The molecule has 2 aromatic carbocycles. The van der Waals surface area contributed by atoms with Gasteiger partial charge in [-0.25, -0.2) is 0 Å². The minimum absolute atomic E-state index is 0.0386. The smallest absolute Gasteiger partial charge is 0.257 e. The number of fused-ring (bicyclic) bond motifs is 1. The van der Waals surface area contributed by atoms with Crippen LogP contribution in [0.25, 0.3) is 0 Å². The molecule has 2 heterocycles. The molecule has 1 saturated heterocycles.